The van der Waals surface area contributed by atoms with Crippen molar-refractivity contribution < 1.29 is 28.6 Å². The van der Waals surface area contributed by atoms with E-state index in [2.05, 4.69) is 142 Å². The molecule has 1 unspecified atom stereocenters. The Morgan fingerprint density at radius 1 is 0.333 bits per heavy atom. The first-order valence-corrected chi connectivity index (χ1v) is 26.6. The Balaban J connectivity index is 4.54. The lowest BCUT2D eigenvalue weighted by Crippen LogP contribution is -2.30. The minimum absolute atomic E-state index is 0.113. The molecule has 0 saturated heterocycles. The van der Waals surface area contributed by atoms with Crippen LogP contribution >= 0.6 is 0 Å². The van der Waals surface area contributed by atoms with Crippen molar-refractivity contribution in [3.8, 4) is 0 Å². The molecule has 0 aromatic heterocycles. The van der Waals surface area contributed by atoms with Crippen molar-refractivity contribution >= 4 is 17.9 Å². The van der Waals surface area contributed by atoms with Gasteiger partial charge in [0.2, 0.25) is 0 Å². The predicted octanol–water partition coefficient (Wildman–Crippen LogP) is 17.7. The summed E-state index contributed by atoms with van der Waals surface area (Å²) in [4.78, 5) is 38.0. The summed E-state index contributed by atoms with van der Waals surface area (Å²) in [6, 6.07) is 0. The fraction of sp³-hybridized carbons (Fsp3) is 0.617. The van der Waals surface area contributed by atoms with E-state index in [1.165, 1.54) is 32.1 Å². The van der Waals surface area contributed by atoms with Gasteiger partial charge in [-0.25, -0.2) is 0 Å². The van der Waals surface area contributed by atoms with Crippen LogP contribution in [0.25, 0.3) is 0 Å². The highest BCUT2D eigenvalue weighted by Gasteiger charge is 2.19. The van der Waals surface area contributed by atoms with E-state index in [-0.39, 0.29) is 37.5 Å². The van der Waals surface area contributed by atoms with Gasteiger partial charge < -0.3 is 14.2 Å². The molecule has 0 N–H and O–H groups in total. The maximum absolute atomic E-state index is 12.8. The molecular weight excluding hydrogens is 817 g/mol. The summed E-state index contributed by atoms with van der Waals surface area (Å²) >= 11 is 0. The number of unbranched alkanes of at least 4 members (excludes halogenated alkanes) is 17. The van der Waals surface area contributed by atoms with Crippen LogP contribution in [0.2, 0.25) is 0 Å². The molecule has 6 heteroatoms. The average molecular weight is 913 g/mol. The molecule has 0 amide bonds. The van der Waals surface area contributed by atoms with Crippen molar-refractivity contribution in [2.24, 2.45) is 0 Å². The third-order valence-corrected chi connectivity index (χ3v) is 10.7. The van der Waals surface area contributed by atoms with E-state index < -0.39 is 6.10 Å². The Morgan fingerprint density at radius 2 is 0.652 bits per heavy atom. The zero-order valence-corrected chi connectivity index (χ0v) is 42.4. The monoisotopic (exact) mass is 913 g/mol. The zero-order valence-electron chi connectivity index (χ0n) is 42.4. The first kappa shape index (κ1) is 61.8. The zero-order chi connectivity index (χ0) is 47.9. The molecule has 0 aliphatic heterocycles. The van der Waals surface area contributed by atoms with Gasteiger partial charge in [-0.3, -0.25) is 14.4 Å². The van der Waals surface area contributed by atoms with Crippen LogP contribution in [0, 0.1) is 0 Å². The lowest BCUT2D eigenvalue weighted by molar-refractivity contribution is -0.167. The summed E-state index contributed by atoms with van der Waals surface area (Å²) in [6.07, 6.45) is 73.2. The normalized spacial score (nSPS) is 13.1. The Kier molecular flexibility index (Phi) is 50.0. The third-order valence-electron chi connectivity index (χ3n) is 10.7. The molecule has 1 atom stereocenters. The Labute approximate surface area is 405 Å². The second-order valence-electron chi connectivity index (χ2n) is 17.1. The number of hydrogen-bond donors (Lipinski definition) is 0. The second-order valence-corrected chi connectivity index (χ2v) is 17.1. The van der Waals surface area contributed by atoms with Gasteiger partial charge in [0.05, 0.1) is 0 Å². The quantitative estimate of drug-likeness (QED) is 0.0199. The number of ether oxygens (including phenoxy) is 3. The predicted molar refractivity (Wildman–Crippen MR) is 283 cm³/mol. The van der Waals surface area contributed by atoms with Crippen LogP contribution in [0.5, 0.6) is 0 Å². The number of carbonyl (C=O) groups excluding carboxylic acids is 3. The summed E-state index contributed by atoms with van der Waals surface area (Å²) < 4.78 is 16.8. The van der Waals surface area contributed by atoms with E-state index in [4.69, 9.17) is 14.2 Å². The Bertz CT molecular complexity index is 1420. The highest BCUT2D eigenvalue weighted by Crippen LogP contribution is 2.12. The minimum atomic E-state index is -0.816. The molecule has 372 valence electrons. The lowest BCUT2D eigenvalue weighted by atomic mass is 10.1. The number of carbonyl (C=O) groups is 3. The van der Waals surface area contributed by atoms with Gasteiger partial charge in [-0.2, -0.15) is 0 Å². The van der Waals surface area contributed by atoms with Gasteiger partial charge in [0, 0.05) is 19.3 Å². The van der Waals surface area contributed by atoms with Gasteiger partial charge in [0.15, 0.2) is 6.10 Å². The van der Waals surface area contributed by atoms with E-state index in [1.807, 2.05) is 0 Å². The maximum Gasteiger partial charge on any atom is 0.306 e. The molecule has 0 aromatic rings. The van der Waals surface area contributed by atoms with Crippen LogP contribution in [0.1, 0.15) is 220 Å². The average Bonchev–Trinajstić information content (AvgIpc) is 3.31. The smallest absolute Gasteiger partial charge is 0.306 e. The van der Waals surface area contributed by atoms with E-state index in [1.54, 1.807) is 0 Å². The van der Waals surface area contributed by atoms with Crippen molar-refractivity contribution in [3.63, 3.8) is 0 Å². The molecule has 0 radical (unpaired) electrons. The molecule has 0 heterocycles. The molecule has 0 aliphatic carbocycles. The van der Waals surface area contributed by atoms with E-state index in [9.17, 15) is 14.4 Å². The van der Waals surface area contributed by atoms with Gasteiger partial charge in [-0.15, -0.1) is 0 Å². The van der Waals surface area contributed by atoms with Crippen molar-refractivity contribution in [2.75, 3.05) is 13.2 Å². The Hall–Kier alpha value is -4.19. The van der Waals surface area contributed by atoms with Gasteiger partial charge in [0.25, 0.3) is 0 Å². The summed E-state index contributed by atoms with van der Waals surface area (Å²) in [5.41, 5.74) is 0. The Morgan fingerprint density at radius 3 is 1.06 bits per heavy atom. The van der Waals surface area contributed by atoms with Crippen LogP contribution in [-0.4, -0.2) is 37.2 Å². The van der Waals surface area contributed by atoms with Crippen LogP contribution in [0.3, 0.4) is 0 Å². The maximum atomic E-state index is 12.8. The molecule has 0 fully saturated rings. The molecule has 0 bridgehead atoms. The van der Waals surface area contributed by atoms with E-state index in [0.29, 0.717) is 19.3 Å². The largest absolute Gasteiger partial charge is 0.462 e. The SMILES string of the molecule is CC/C=C\C/C=C\C/C=C\C/C=C\CCCCCC(=O)OC(COC(=O)CCCCCC/C=C\C/C=C\C/C=C\CC)COC(=O)CCCCCCC\C=C/C=C\C=C/CCCCCCC. The van der Waals surface area contributed by atoms with Gasteiger partial charge >= 0.3 is 17.9 Å². The fourth-order valence-corrected chi connectivity index (χ4v) is 6.80. The topological polar surface area (TPSA) is 78.9 Å². The fourth-order valence-electron chi connectivity index (χ4n) is 6.80. The number of allylic oxidation sites excluding steroid dienone is 20. The van der Waals surface area contributed by atoms with Crippen LogP contribution in [-0.2, 0) is 28.6 Å². The first-order valence-electron chi connectivity index (χ1n) is 26.6. The van der Waals surface area contributed by atoms with E-state index in [0.717, 1.165) is 141 Å². The van der Waals surface area contributed by atoms with E-state index >= 15 is 0 Å². The first-order chi connectivity index (χ1) is 32.5. The minimum Gasteiger partial charge on any atom is -0.462 e. The second kappa shape index (κ2) is 53.4. The van der Waals surface area contributed by atoms with Crippen LogP contribution < -0.4 is 0 Å². The van der Waals surface area contributed by atoms with Crippen molar-refractivity contribution in [1.29, 1.82) is 0 Å². The molecular formula is C60H96O6. The van der Waals surface area contributed by atoms with Crippen LogP contribution in [0.4, 0.5) is 0 Å². The van der Waals surface area contributed by atoms with Gasteiger partial charge in [0.1, 0.15) is 13.2 Å². The van der Waals surface area contributed by atoms with Gasteiger partial charge in [-0.05, 0) is 116 Å². The molecule has 0 rings (SSSR count). The molecule has 0 aliphatic rings. The summed E-state index contributed by atoms with van der Waals surface area (Å²) in [7, 11) is 0. The molecule has 66 heavy (non-hydrogen) atoms. The highest BCUT2D eigenvalue weighted by atomic mass is 16.6. The molecule has 0 aromatic carbocycles. The summed E-state index contributed by atoms with van der Waals surface area (Å²) in [5, 5.41) is 0. The standard InChI is InChI=1S/C60H96O6/c1-4-7-10-13-16-19-22-25-28-30-31-33-35-38-41-44-47-50-53-59(62)65-56-57(55-64-58(61)52-49-46-43-40-37-34-27-24-21-18-15-12-9-6-3)66-60(63)54-51-48-45-42-39-36-32-29-26-23-20-17-14-11-8-5-2/h8-9,11-12,17-18,20-22,25-31,33-34,36,39,57H,4-7,10,13-16,19,23-24,32,35,37-38,40-56H2,1-3H3/b11-8-,12-9-,20-17-,21-18-,25-22-,29-26-,30-28-,33-31-,34-27-,39-36-. The number of hydrogen-bond acceptors (Lipinski definition) is 6. The van der Waals surface area contributed by atoms with Gasteiger partial charge in [-0.1, -0.05) is 206 Å². The molecule has 0 spiro atoms. The van der Waals surface area contributed by atoms with Crippen molar-refractivity contribution in [2.45, 2.75) is 226 Å². The lowest BCUT2D eigenvalue weighted by Gasteiger charge is -2.18. The number of esters is 3. The highest BCUT2D eigenvalue weighted by molar-refractivity contribution is 5.71. The summed E-state index contributed by atoms with van der Waals surface area (Å²) in [6.45, 7) is 6.32. The van der Waals surface area contributed by atoms with Crippen molar-refractivity contribution in [1.82, 2.24) is 0 Å². The van der Waals surface area contributed by atoms with Crippen LogP contribution in [0.15, 0.2) is 122 Å². The molecule has 6 nitrogen and oxygen atoms in total. The third kappa shape index (κ3) is 50.8. The van der Waals surface area contributed by atoms with Crippen molar-refractivity contribution in [3.05, 3.63) is 122 Å². The molecule has 0 saturated carbocycles. The summed E-state index contributed by atoms with van der Waals surface area (Å²) in [5.74, 6) is -0.991. The number of rotatable bonds is 46.